The number of nitrogens with one attached hydrogen (secondary N) is 1. The number of amides is 1. The highest BCUT2D eigenvalue weighted by Crippen LogP contribution is 2.11. The van der Waals surface area contributed by atoms with Crippen LogP contribution in [0.4, 0.5) is 4.39 Å². The van der Waals surface area contributed by atoms with Crippen LogP contribution >= 0.6 is 0 Å². The molecule has 1 N–H and O–H groups in total. The molecule has 0 bridgehead atoms. The van der Waals surface area contributed by atoms with Gasteiger partial charge in [-0.1, -0.05) is 12.1 Å². The van der Waals surface area contributed by atoms with E-state index < -0.39 is 36.6 Å². The highest BCUT2D eigenvalue weighted by Gasteiger charge is 2.14. The largest absolute Gasteiger partial charge is 0.497 e. The summed E-state index contributed by atoms with van der Waals surface area (Å²) < 4.78 is 23.2. The molecule has 0 aromatic heterocycles. The van der Waals surface area contributed by atoms with Crippen molar-refractivity contribution in [2.75, 3.05) is 20.3 Å². The fraction of sp³-hybridized carbons (Fsp3) is 0.167. The van der Waals surface area contributed by atoms with Gasteiger partial charge in [-0.05, 0) is 36.4 Å². The molecule has 25 heavy (non-hydrogen) atoms. The molecular formula is C18H16FNO5. The zero-order valence-corrected chi connectivity index (χ0v) is 13.5. The van der Waals surface area contributed by atoms with Gasteiger partial charge in [0.15, 0.2) is 12.4 Å². The topological polar surface area (TPSA) is 81.7 Å². The Bertz CT molecular complexity index is 773. The number of hydrogen-bond donors (Lipinski definition) is 1. The molecule has 0 atom stereocenters. The van der Waals surface area contributed by atoms with Crippen LogP contribution in [0.25, 0.3) is 0 Å². The lowest BCUT2D eigenvalue weighted by molar-refractivity contribution is -0.141. The summed E-state index contributed by atoms with van der Waals surface area (Å²) in [4.78, 5) is 35.2. The van der Waals surface area contributed by atoms with E-state index in [1.807, 2.05) is 0 Å². The number of rotatable bonds is 7. The van der Waals surface area contributed by atoms with Gasteiger partial charge in [-0.2, -0.15) is 0 Å². The first kappa shape index (κ1) is 18.1. The second-order valence-corrected chi connectivity index (χ2v) is 4.97. The Balaban J connectivity index is 1.79. The van der Waals surface area contributed by atoms with Crippen molar-refractivity contribution in [1.82, 2.24) is 5.32 Å². The molecule has 0 saturated carbocycles. The number of methoxy groups -OCH3 is 1. The van der Waals surface area contributed by atoms with Crippen LogP contribution in [-0.2, 0) is 9.53 Å². The Labute approximate surface area is 143 Å². The predicted molar refractivity (Wildman–Crippen MR) is 87.0 cm³/mol. The van der Waals surface area contributed by atoms with Crippen LogP contribution in [0.1, 0.15) is 20.7 Å². The summed E-state index contributed by atoms with van der Waals surface area (Å²) in [7, 11) is 1.51. The van der Waals surface area contributed by atoms with Gasteiger partial charge in [-0.25, -0.2) is 4.39 Å². The van der Waals surface area contributed by atoms with E-state index in [0.717, 1.165) is 6.07 Å². The number of Topliss-reactive ketones (excluding diaryl/α,β-unsaturated/α-hetero) is 1. The SMILES string of the molecule is COc1ccc(C(=O)COC(=O)CNC(=O)c2ccccc2F)cc1. The van der Waals surface area contributed by atoms with Crippen molar-refractivity contribution in [3.63, 3.8) is 0 Å². The smallest absolute Gasteiger partial charge is 0.325 e. The lowest BCUT2D eigenvalue weighted by Crippen LogP contribution is -2.32. The predicted octanol–water partition coefficient (Wildman–Crippen LogP) is 1.99. The lowest BCUT2D eigenvalue weighted by Gasteiger charge is -2.07. The van der Waals surface area contributed by atoms with E-state index in [1.54, 1.807) is 24.3 Å². The van der Waals surface area contributed by atoms with Gasteiger partial charge in [-0.15, -0.1) is 0 Å². The quantitative estimate of drug-likeness (QED) is 0.613. The molecule has 0 spiro atoms. The molecular weight excluding hydrogens is 329 g/mol. The van der Waals surface area contributed by atoms with Crippen molar-refractivity contribution in [3.05, 3.63) is 65.5 Å². The van der Waals surface area contributed by atoms with Crippen LogP contribution in [-0.4, -0.2) is 37.9 Å². The summed E-state index contributed by atoms with van der Waals surface area (Å²) >= 11 is 0. The third-order valence-corrected chi connectivity index (χ3v) is 3.29. The number of carbonyl (C=O) groups excluding carboxylic acids is 3. The number of esters is 1. The van der Waals surface area contributed by atoms with E-state index in [4.69, 9.17) is 9.47 Å². The van der Waals surface area contributed by atoms with E-state index in [2.05, 4.69) is 5.32 Å². The van der Waals surface area contributed by atoms with Crippen LogP contribution in [0.3, 0.4) is 0 Å². The van der Waals surface area contributed by atoms with Gasteiger partial charge >= 0.3 is 5.97 Å². The molecule has 0 aliphatic heterocycles. The Morgan fingerprint density at radius 2 is 1.72 bits per heavy atom. The molecule has 0 radical (unpaired) electrons. The Hall–Kier alpha value is -3.22. The van der Waals surface area contributed by atoms with Gasteiger partial charge in [0.05, 0.1) is 12.7 Å². The average Bonchev–Trinajstić information content (AvgIpc) is 2.64. The van der Waals surface area contributed by atoms with Gasteiger partial charge in [0, 0.05) is 5.56 Å². The molecule has 130 valence electrons. The summed E-state index contributed by atoms with van der Waals surface area (Å²) in [6, 6.07) is 11.7. The Morgan fingerprint density at radius 3 is 2.36 bits per heavy atom. The van der Waals surface area contributed by atoms with Gasteiger partial charge in [0.25, 0.3) is 5.91 Å². The summed E-state index contributed by atoms with van der Waals surface area (Å²) in [6.07, 6.45) is 0. The molecule has 2 aromatic carbocycles. The second kappa shape index (κ2) is 8.58. The van der Waals surface area contributed by atoms with Gasteiger partial charge < -0.3 is 14.8 Å². The Kier molecular flexibility index (Phi) is 6.22. The Morgan fingerprint density at radius 1 is 1.04 bits per heavy atom. The maximum absolute atomic E-state index is 13.4. The minimum atomic E-state index is -0.799. The fourth-order valence-corrected chi connectivity index (χ4v) is 1.95. The van der Waals surface area contributed by atoms with Crippen molar-refractivity contribution in [2.45, 2.75) is 0 Å². The number of benzene rings is 2. The van der Waals surface area contributed by atoms with E-state index >= 15 is 0 Å². The van der Waals surface area contributed by atoms with Gasteiger partial charge in [-0.3, -0.25) is 14.4 Å². The van der Waals surface area contributed by atoms with E-state index in [1.165, 1.54) is 25.3 Å². The van der Waals surface area contributed by atoms with Crippen molar-refractivity contribution in [2.24, 2.45) is 0 Å². The highest BCUT2D eigenvalue weighted by atomic mass is 19.1. The minimum Gasteiger partial charge on any atom is -0.497 e. The molecule has 6 nitrogen and oxygen atoms in total. The summed E-state index contributed by atoms with van der Waals surface area (Å²) in [5, 5.41) is 2.24. The molecule has 1 amide bonds. The molecule has 0 aliphatic rings. The van der Waals surface area contributed by atoms with Crippen LogP contribution in [0.5, 0.6) is 5.75 Å². The minimum absolute atomic E-state index is 0.176. The zero-order valence-electron chi connectivity index (χ0n) is 13.5. The third-order valence-electron chi connectivity index (χ3n) is 3.29. The summed E-state index contributed by atoms with van der Waals surface area (Å²) in [5.41, 5.74) is 0.189. The molecule has 0 aliphatic carbocycles. The van der Waals surface area contributed by atoms with Crippen molar-refractivity contribution >= 4 is 17.7 Å². The van der Waals surface area contributed by atoms with Crippen LogP contribution in [0, 0.1) is 5.82 Å². The zero-order chi connectivity index (χ0) is 18.2. The van der Waals surface area contributed by atoms with Crippen molar-refractivity contribution < 1.29 is 28.2 Å². The molecule has 2 rings (SSSR count). The number of ether oxygens (including phenoxy) is 2. The molecule has 0 unspecified atom stereocenters. The van der Waals surface area contributed by atoms with E-state index in [-0.39, 0.29) is 5.56 Å². The molecule has 0 saturated heterocycles. The van der Waals surface area contributed by atoms with E-state index in [9.17, 15) is 18.8 Å². The summed E-state index contributed by atoms with van der Waals surface area (Å²) in [5.74, 6) is -2.02. The normalized spacial score (nSPS) is 10.0. The lowest BCUT2D eigenvalue weighted by atomic mass is 10.1. The number of halogens is 1. The monoisotopic (exact) mass is 345 g/mol. The second-order valence-electron chi connectivity index (χ2n) is 4.97. The maximum Gasteiger partial charge on any atom is 0.325 e. The summed E-state index contributed by atoms with van der Waals surface area (Å²) in [6.45, 7) is -0.927. The maximum atomic E-state index is 13.4. The highest BCUT2D eigenvalue weighted by molar-refractivity contribution is 5.99. The number of ketones is 1. The van der Waals surface area contributed by atoms with Crippen molar-refractivity contribution in [1.29, 1.82) is 0 Å². The first-order valence-electron chi connectivity index (χ1n) is 7.37. The fourth-order valence-electron chi connectivity index (χ4n) is 1.95. The first-order chi connectivity index (χ1) is 12.0. The molecule has 2 aromatic rings. The van der Waals surface area contributed by atoms with Crippen LogP contribution in [0.2, 0.25) is 0 Å². The molecule has 0 fully saturated rings. The molecule has 0 heterocycles. The van der Waals surface area contributed by atoms with Crippen LogP contribution < -0.4 is 10.1 Å². The first-order valence-corrected chi connectivity index (χ1v) is 7.37. The number of hydrogen-bond acceptors (Lipinski definition) is 5. The number of carbonyl (C=O) groups is 3. The average molecular weight is 345 g/mol. The van der Waals surface area contributed by atoms with Gasteiger partial charge in [0.1, 0.15) is 18.1 Å². The standard InChI is InChI=1S/C18H16FNO5/c1-24-13-8-6-12(7-9-13)16(21)11-25-17(22)10-20-18(23)14-4-2-3-5-15(14)19/h2-9H,10-11H2,1H3,(H,20,23). The van der Waals surface area contributed by atoms with Crippen LogP contribution in [0.15, 0.2) is 48.5 Å². The third kappa shape index (κ3) is 5.13. The van der Waals surface area contributed by atoms with Gasteiger partial charge in [0.2, 0.25) is 0 Å². The molecule has 7 heteroatoms. The van der Waals surface area contributed by atoms with Crippen molar-refractivity contribution in [3.8, 4) is 5.75 Å². The van der Waals surface area contributed by atoms with E-state index in [0.29, 0.717) is 11.3 Å².